The Kier molecular flexibility index (Phi) is 4.05. The van der Waals surface area contributed by atoms with Gasteiger partial charge in [0.25, 0.3) is 5.69 Å². The lowest BCUT2D eigenvalue weighted by atomic mass is 10.2. The van der Waals surface area contributed by atoms with Crippen LogP contribution in [0, 0.1) is 10.1 Å². The minimum Gasteiger partial charge on any atom is -0.411 e. The normalized spacial score (nSPS) is 11.4. The number of nitro groups is 1. The Hall–Kier alpha value is -4.08. The van der Waals surface area contributed by atoms with Gasteiger partial charge >= 0.3 is 0 Å². The van der Waals surface area contributed by atoms with Crippen molar-refractivity contribution in [3.63, 3.8) is 0 Å². The van der Waals surface area contributed by atoms with Gasteiger partial charge in [-0.25, -0.2) is 9.67 Å². The number of oxime groups is 1. The molecule has 4 aromatic rings. The van der Waals surface area contributed by atoms with Crippen LogP contribution in [0.3, 0.4) is 0 Å². The summed E-state index contributed by atoms with van der Waals surface area (Å²) in [6.07, 6.45) is 6.61. The van der Waals surface area contributed by atoms with Crippen molar-refractivity contribution in [3.8, 4) is 5.69 Å². The Morgan fingerprint density at radius 2 is 2.04 bits per heavy atom. The maximum Gasteiger partial charge on any atom is 0.269 e. The number of rotatable bonds is 5. The van der Waals surface area contributed by atoms with Gasteiger partial charge in [-0.05, 0) is 24.3 Å². The molecule has 0 saturated heterocycles. The average molecular weight is 363 g/mol. The zero-order valence-corrected chi connectivity index (χ0v) is 13.9. The van der Waals surface area contributed by atoms with Crippen molar-refractivity contribution in [2.45, 2.75) is 6.54 Å². The van der Waals surface area contributed by atoms with E-state index in [1.807, 2.05) is 22.9 Å². The summed E-state index contributed by atoms with van der Waals surface area (Å²) in [4.78, 5) is 14.7. The van der Waals surface area contributed by atoms with Crippen molar-refractivity contribution in [3.05, 3.63) is 76.4 Å². The summed E-state index contributed by atoms with van der Waals surface area (Å²) in [6, 6.07) is 9.76. The fraction of sp³-hybridized carbons (Fsp3) is 0.0588. The molecule has 4 rings (SSSR count). The lowest BCUT2D eigenvalue weighted by Crippen LogP contribution is -1.99. The molecule has 0 aliphatic heterocycles. The van der Waals surface area contributed by atoms with Crippen LogP contribution in [-0.4, -0.2) is 40.9 Å². The molecular formula is C17H13N7O3. The molecule has 1 aromatic carbocycles. The van der Waals surface area contributed by atoms with E-state index in [-0.39, 0.29) is 5.69 Å². The van der Waals surface area contributed by atoms with Crippen molar-refractivity contribution in [2.75, 3.05) is 0 Å². The van der Waals surface area contributed by atoms with Crippen LogP contribution in [0.5, 0.6) is 0 Å². The highest BCUT2D eigenvalue weighted by atomic mass is 16.6. The molecule has 0 amide bonds. The van der Waals surface area contributed by atoms with Crippen molar-refractivity contribution in [1.82, 2.24) is 24.5 Å². The van der Waals surface area contributed by atoms with Gasteiger partial charge in [0.05, 0.1) is 29.6 Å². The molecule has 0 unspecified atom stereocenters. The summed E-state index contributed by atoms with van der Waals surface area (Å²) < 4.78 is 3.44. The van der Waals surface area contributed by atoms with E-state index in [1.54, 1.807) is 29.2 Å². The summed E-state index contributed by atoms with van der Waals surface area (Å²) in [5.74, 6) is 0. The monoisotopic (exact) mass is 363 g/mol. The van der Waals surface area contributed by atoms with Gasteiger partial charge in [0.2, 0.25) is 0 Å². The topological polar surface area (TPSA) is 124 Å². The average Bonchev–Trinajstić information content (AvgIpc) is 3.28. The molecule has 27 heavy (non-hydrogen) atoms. The van der Waals surface area contributed by atoms with E-state index < -0.39 is 4.92 Å². The highest BCUT2D eigenvalue weighted by Crippen LogP contribution is 2.19. The SMILES string of the molecule is O=[N+]([O-])c1ccc(-n2cc(Cn3cc(/C=N/O)c4cccnc43)nn2)cc1. The molecule has 0 bridgehead atoms. The van der Waals surface area contributed by atoms with E-state index >= 15 is 0 Å². The Morgan fingerprint density at radius 1 is 1.22 bits per heavy atom. The molecule has 0 saturated carbocycles. The third-order valence-corrected chi connectivity index (χ3v) is 4.06. The van der Waals surface area contributed by atoms with Gasteiger partial charge in [-0.15, -0.1) is 5.10 Å². The summed E-state index contributed by atoms with van der Waals surface area (Å²) in [5.41, 5.74) is 2.84. The molecule has 0 aliphatic carbocycles. The minimum absolute atomic E-state index is 0.0158. The zero-order valence-electron chi connectivity index (χ0n) is 13.9. The Balaban J connectivity index is 1.63. The molecule has 134 valence electrons. The summed E-state index contributed by atoms with van der Waals surface area (Å²) in [5, 5.41) is 31.8. The van der Waals surface area contributed by atoms with Gasteiger partial charge in [-0.2, -0.15) is 0 Å². The first-order chi connectivity index (χ1) is 13.2. The van der Waals surface area contributed by atoms with Crippen molar-refractivity contribution in [2.24, 2.45) is 5.16 Å². The Bertz CT molecular complexity index is 1150. The molecule has 3 aromatic heterocycles. The van der Waals surface area contributed by atoms with Crippen LogP contribution in [0.4, 0.5) is 5.69 Å². The van der Waals surface area contributed by atoms with Crippen LogP contribution in [0.1, 0.15) is 11.3 Å². The molecule has 10 nitrogen and oxygen atoms in total. The van der Waals surface area contributed by atoms with Crippen LogP contribution in [0.15, 0.2) is 60.1 Å². The number of nitrogens with zero attached hydrogens (tertiary/aromatic N) is 7. The minimum atomic E-state index is -0.450. The number of nitro benzene ring substituents is 1. The van der Waals surface area contributed by atoms with E-state index in [9.17, 15) is 10.1 Å². The predicted octanol–water partition coefficient (Wildman–Crippen LogP) is 2.38. The zero-order chi connectivity index (χ0) is 18.8. The fourth-order valence-corrected chi connectivity index (χ4v) is 2.83. The van der Waals surface area contributed by atoms with Crippen LogP contribution < -0.4 is 0 Å². The molecule has 0 aliphatic rings. The Morgan fingerprint density at radius 3 is 2.78 bits per heavy atom. The van der Waals surface area contributed by atoms with Gasteiger partial charge in [0, 0.05) is 35.5 Å². The van der Waals surface area contributed by atoms with Gasteiger partial charge in [-0.3, -0.25) is 10.1 Å². The standard InChI is InChI=1S/C17H13N7O3/c25-19-8-12-9-22(17-16(12)2-1-7-18-17)10-13-11-23(21-20-13)14-3-5-15(6-4-14)24(26)27/h1-9,11,25H,10H2/b19-8+. The lowest BCUT2D eigenvalue weighted by molar-refractivity contribution is -0.384. The lowest BCUT2D eigenvalue weighted by Gasteiger charge is -2.01. The smallest absolute Gasteiger partial charge is 0.269 e. The van der Waals surface area contributed by atoms with E-state index in [0.717, 1.165) is 16.6 Å². The second-order valence-corrected chi connectivity index (χ2v) is 5.76. The quantitative estimate of drug-likeness (QED) is 0.251. The van der Waals surface area contributed by atoms with Crippen LogP contribution in [-0.2, 0) is 6.54 Å². The van der Waals surface area contributed by atoms with Gasteiger partial charge in [-0.1, -0.05) is 10.4 Å². The third kappa shape index (κ3) is 3.11. The van der Waals surface area contributed by atoms with Gasteiger partial charge < -0.3 is 9.77 Å². The highest BCUT2D eigenvalue weighted by molar-refractivity contribution is 5.97. The first-order valence-corrected chi connectivity index (χ1v) is 7.93. The largest absolute Gasteiger partial charge is 0.411 e. The van der Waals surface area contributed by atoms with E-state index in [0.29, 0.717) is 17.9 Å². The third-order valence-electron chi connectivity index (χ3n) is 4.06. The highest BCUT2D eigenvalue weighted by Gasteiger charge is 2.11. The maximum absolute atomic E-state index is 10.7. The van der Waals surface area contributed by atoms with Crippen LogP contribution in [0.2, 0.25) is 0 Å². The summed E-state index contributed by atoms with van der Waals surface area (Å²) in [6.45, 7) is 0.416. The maximum atomic E-state index is 10.7. The number of aromatic nitrogens is 5. The molecule has 0 fully saturated rings. The van der Waals surface area contributed by atoms with Gasteiger partial charge in [0.1, 0.15) is 11.3 Å². The number of hydrogen-bond donors (Lipinski definition) is 1. The van der Waals surface area contributed by atoms with Crippen molar-refractivity contribution < 1.29 is 10.1 Å². The first kappa shape index (κ1) is 16.4. The molecule has 0 atom stereocenters. The number of benzene rings is 1. The number of non-ortho nitro benzene ring substituents is 1. The molecule has 0 spiro atoms. The number of pyridine rings is 1. The first-order valence-electron chi connectivity index (χ1n) is 7.93. The molecule has 1 N–H and O–H groups in total. The molecule has 10 heteroatoms. The van der Waals surface area contributed by atoms with Crippen molar-refractivity contribution in [1.29, 1.82) is 0 Å². The second kappa shape index (κ2) is 6.67. The van der Waals surface area contributed by atoms with Crippen LogP contribution in [0.25, 0.3) is 16.7 Å². The van der Waals surface area contributed by atoms with Crippen molar-refractivity contribution >= 4 is 22.9 Å². The molecular weight excluding hydrogens is 350 g/mol. The Labute approximate surface area is 152 Å². The summed E-state index contributed by atoms with van der Waals surface area (Å²) in [7, 11) is 0. The number of fused-ring (bicyclic) bond motifs is 1. The van der Waals surface area contributed by atoms with E-state index in [2.05, 4.69) is 20.5 Å². The predicted molar refractivity (Wildman–Crippen MR) is 96.2 cm³/mol. The molecule has 0 radical (unpaired) electrons. The van der Waals surface area contributed by atoms with Gasteiger partial charge in [0.15, 0.2) is 0 Å². The van der Waals surface area contributed by atoms with E-state index in [1.165, 1.54) is 18.3 Å². The molecule has 3 heterocycles. The fourth-order valence-electron chi connectivity index (χ4n) is 2.83. The second-order valence-electron chi connectivity index (χ2n) is 5.76. The summed E-state index contributed by atoms with van der Waals surface area (Å²) >= 11 is 0. The van der Waals surface area contributed by atoms with E-state index in [4.69, 9.17) is 5.21 Å². The number of hydrogen-bond acceptors (Lipinski definition) is 7. The van der Waals surface area contributed by atoms with Crippen LogP contribution >= 0.6 is 0 Å².